The maximum atomic E-state index is 12.9. The van der Waals surface area contributed by atoms with Gasteiger partial charge in [-0.2, -0.15) is 18.4 Å². The van der Waals surface area contributed by atoms with Crippen LogP contribution in [-0.2, 0) is 6.18 Å². The lowest BCUT2D eigenvalue weighted by atomic mass is 10.1. The fourth-order valence-corrected chi connectivity index (χ4v) is 2.30. The molecule has 0 unspecified atom stereocenters. The van der Waals surface area contributed by atoms with Gasteiger partial charge in [0.25, 0.3) is 0 Å². The molecule has 25 heavy (non-hydrogen) atoms. The standard InChI is InChI=1S/C17H13ClF3N3O/c1-24(2)6-5-15(25)14-7-10(9-22)16(23-14)12-8-11(17(19,20)21)3-4-13(12)18/h3-8,23H,1-2H3. The number of nitrogens with zero attached hydrogens (tertiary/aromatic N) is 2. The minimum Gasteiger partial charge on any atom is -0.383 e. The van der Waals surface area contributed by atoms with Crippen molar-refractivity contribution in [3.63, 3.8) is 0 Å². The Labute approximate surface area is 147 Å². The zero-order chi connectivity index (χ0) is 18.8. The summed E-state index contributed by atoms with van der Waals surface area (Å²) in [5.74, 6) is -0.417. The second-order valence-electron chi connectivity index (χ2n) is 5.42. The number of ketones is 1. The van der Waals surface area contributed by atoms with Gasteiger partial charge in [0, 0.05) is 37.0 Å². The summed E-state index contributed by atoms with van der Waals surface area (Å²) in [7, 11) is 3.46. The lowest BCUT2D eigenvalue weighted by molar-refractivity contribution is -0.137. The number of allylic oxidation sites excluding steroid dienone is 1. The molecule has 0 aliphatic carbocycles. The minimum atomic E-state index is -4.55. The van der Waals surface area contributed by atoms with Gasteiger partial charge >= 0.3 is 6.18 Å². The van der Waals surface area contributed by atoms with Crippen molar-refractivity contribution in [3.05, 3.63) is 58.4 Å². The molecule has 0 atom stereocenters. The molecule has 0 spiro atoms. The van der Waals surface area contributed by atoms with E-state index in [1.165, 1.54) is 18.3 Å². The molecule has 0 saturated carbocycles. The number of H-pyrrole nitrogens is 1. The molecule has 0 bridgehead atoms. The number of hydrogen-bond donors (Lipinski definition) is 1. The van der Waals surface area contributed by atoms with Crippen LogP contribution in [0.2, 0.25) is 5.02 Å². The molecule has 8 heteroatoms. The Bertz CT molecular complexity index is 876. The molecule has 4 nitrogen and oxygen atoms in total. The lowest BCUT2D eigenvalue weighted by Crippen LogP contribution is -2.05. The fourth-order valence-electron chi connectivity index (χ4n) is 2.09. The van der Waals surface area contributed by atoms with E-state index in [0.717, 1.165) is 18.2 Å². The number of aromatic nitrogens is 1. The second kappa shape index (κ2) is 7.03. The third-order valence-corrected chi connectivity index (χ3v) is 3.62. The Hall–Kier alpha value is -2.72. The third-order valence-electron chi connectivity index (χ3n) is 3.29. The van der Waals surface area contributed by atoms with Gasteiger partial charge in [0.2, 0.25) is 5.78 Å². The lowest BCUT2D eigenvalue weighted by Gasteiger charge is -2.10. The number of hydrogen-bond acceptors (Lipinski definition) is 3. The molecule has 2 aromatic rings. The second-order valence-corrected chi connectivity index (χ2v) is 5.83. The van der Waals surface area contributed by atoms with E-state index < -0.39 is 17.5 Å². The van der Waals surface area contributed by atoms with E-state index in [1.807, 2.05) is 6.07 Å². The summed E-state index contributed by atoms with van der Waals surface area (Å²) in [6.07, 6.45) is -1.75. The van der Waals surface area contributed by atoms with Crippen molar-refractivity contribution < 1.29 is 18.0 Å². The molecule has 1 aromatic heterocycles. The van der Waals surface area contributed by atoms with Crippen LogP contribution in [0.3, 0.4) is 0 Å². The topological polar surface area (TPSA) is 59.9 Å². The summed E-state index contributed by atoms with van der Waals surface area (Å²) in [6.45, 7) is 0. The first kappa shape index (κ1) is 18.6. The Balaban J connectivity index is 2.54. The number of nitrogens with one attached hydrogen (secondary N) is 1. The van der Waals surface area contributed by atoms with E-state index >= 15 is 0 Å². The molecule has 2 rings (SSSR count). The molecule has 1 aromatic carbocycles. The number of carbonyl (C=O) groups is 1. The number of aromatic amines is 1. The van der Waals surface area contributed by atoms with Crippen LogP contribution in [0.15, 0.2) is 36.5 Å². The SMILES string of the molecule is CN(C)C=CC(=O)c1cc(C#N)c(-c2cc(C(F)(F)F)ccc2Cl)[nH]1. The molecule has 0 amide bonds. The summed E-state index contributed by atoms with van der Waals surface area (Å²) >= 11 is 6.00. The number of alkyl halides is 3. The number of halogens is 4. The van der Waals surface area contributed by atoms with Gasteiger partial charge < -0.3 is 9.88 Å². The van der Waals surface area contributed by atoms with Crippen LogP contribution in [0.5, 0.6) is 0 Å². The molecule has 130 valence electrons. The molecule has 0 radical (unpaired) electrons. The van der Waals surface area contributed by atoms with Crippen LogP contribution < -0.4 is 0 Å². The Morgan fingerprint density at radius 1 is 1.32 bits per heavy atom. The highest BCUT2D eigenvalue weighted by Crippen LogP contribution is 2.36. The van der Waals surface area contributed by atoms with Crippen LogP contribution >= 0.6 is 11.6 Å². The van der Waals surface area contributed by atoms with Crippen molar-refractivity contribution in [2.75, 3.05) is 14.1 Å². The normalized spacial score (nSPS) is 11.6. The molecule has 0 fully saturated rings. The van der Waals surface area contributed by atoms with Crippen molar-refractivity contribution in [1.29, 1.82) is 5.26 Å². The number of benzene rings is 1. The van der Waals surface area contributed by atoms with Crippen LogP contribution in [0.25, 0.3) is 11.3 Å². The van der Waals surface area contributed by atoms with Crippen molar-refractivity contribution in [2.45, 2.75) is 6.18 Å². The van der Waals surface area contributed by atoms with Gasteiger partial charge in [-0.05, 0) is 24.3 Å². The van der Waals surface area contributed by atoms with Crippen molar-refractivity contribution in [2.24, 2.45) is 0 Å². The average Bonchev–Trinajstić information content (AvgIpc) is 2.96. The highest BCUT2D eigenvalue weighted by atomic mass is 35.5. The fraction of sp³-hybridized carbons (Fsp3) is 0.176. The molecule has 0 aliphatic rings. The summed E-state index contributed by atoms with van der Waals surface area (Å²) in [4.78, 5) is 16.5. The molecular formula is C17H13ClF3N3O. The van der Waals surface area contributed by atoms with Gasteiger partial charge in [0.15, 0.2) is 0 Å². The van der Waals surface area contributed by atoms with E-state index in [9.17, 15) is 23.2 Å². The first-order valence-corrected chi connectivity index (χ1v) is 7.40. The Morgan fingerprint density at radius 2 is 2.00 bits per heavy atom. The molecule has 0 aliphatic heterocycles. The minimum absolute atomic E-state index is 0.00341. The van der Waals surface area contributed by atoms with E-state index in [0.29, 0.717) is 0 Å². The predicted octanol–water partition coefficient (Wildman–Crippen LogP) is 4.48. The number of carbonyl (C=O) groups excluding carboxylic acids is 1. The third kappa shape index (κ3) is 4.22. The van der Waals surface area contributed by atoms with Crippen molar-refractivity contribution in [3.8, 4) is 17.3 Å². The van der Waals surface area contributed by atoms with Gasteiger partial charge in [0.1, 0.15) is 6.07 Å². The van der Waals surface area contributed by atoms with Crippen LogP contribution in [-0.4, -0.2) is 29.8 Å². The van der Waals surface area contributed by atoms with Crippen LogP contribution in [0.4, 0.5) is 13.2 Å². The monoisotopic (exact) mass is 367 g/mol. The van der Waals surface area contributed by atoms with Gasteiger partial charge in [-0.3, -0.25) is 4.79 Å². The summed E-state index contributed by atoms with van der Waals surface area (Å²) in [6, 6.07) is 5.95. The van der Waals surface area contributed by atoms with Crippen LogP contribution in [0, 0.1) is 11.3 Å². The van der Waals surface area contributed by atoms with E-state index in [-0.39, 0.29) is 27.5 Å². The first-order valence-electron chi connectivity index (χ1n) is 7.02. The quantitative estimate of drug-likeness (QED) is 0.640. The largest absolute Gasteiger partial charge is 0.416 e. The number of nitriles is 1. The Kier molecular flexibility index (Phi) is 5.24. The maximum Gasteiger partial charge on any atom is 0.416 e. The van der Waals surface area contributed by atoms with Crippen LogP contribution in [0.1, 0.15) is 21.6 Å². The highest BCUT2D eigenvalue weighted by Gasteiger charge is 2.31. The summed E-state index contributed by atoms with van der Waals surface area (Å²) in [5, 5.41) is 9.28. The predicted molar refractivity (Wildman–Crippen MR) is 88.1 cm³/mol. The van der Waals surface area contributed by atoms with Crippen molar-refractivity contribution in [1.82, 2.24) is 9.88 Å². The summed E-state index contributed by atoms with van der Waals surface area (Å²) in [5.41, 5.74) is -0.712. The van der Waals surface area contributed by atoms with Gasteiger partial charge in [-0.15, -0.1) is 0 Å². The van der Waals surface area contributed by atoms with Crippen molar-refractivity contribution >= 4 is 17.4 Å². The zero-order valence-electron chi connectivity index (χ0n) is 13.3. The average molecular weight is 368 g/mol. The molecule has 0 saturated heterocycles. The smallest absolute Gasteiger partial charge is 0.383 e. The maximum absolute atomic E-state index is 12.9. The van der Waals surface area contributed by atoms with E-state index in [2.05, 4.69) is 4.98 Å². The highest BCUT2D eigenvalue weighted by molar-refractivity contribution is 6.33. The zero-order valence-corrected chi connectivity index (χ0v) is 14.0. The number of rotatable bonds is 4. The van der Waals surface area contributed by atoms with Gasteiger partial charge in [-0.25, -0.2) is 0 Å². The van der Waals surface area contributed by atoms with E-state index in [4.69, 9.17) is 11.6 Å². The summed E-state index contributed by atoms with van der Waals surface area (Å²) < 4.78 is 38.8. The van der Waals surface area contributed by atoms with Gasteiger partial charge in [-0.1, -0.05) is 11.6 Å². The Morgan fingerprint density at radius 3 is 2.56 bits per heavy atom. The molecule has 1 heterocycles. The first-order chi connectivity index (χ1) is 11.6. The van der Waals surface area contributed by atoms with Gasteiger partial charge in [0.05, 0.1) is 22.5 Å². The van der Waals surface area contributed by atoms with E-state index in [1.54, 1.807) is 19.0 Å². The molecule has 1 N–H and O–H groups in total. The molecular weight excluding hydrogens is 355 g/mol.